The SMILES string of the molecule is O=C(NC1CC2CCC(C1)N2C1CC1)c1ccc(Cl)cc1. The van der Waals surface area contributed by atoms with Crippen molar-refractivity contribution in [2.45, 2.75) is 62.7 Å². The molecule has 3 fully saturated rings. The van der Waals surface area contributed by atoms with E-state index in [0.717, 1.165) is 18.9 Å². The minimum atomic E-state index is 0.0379. The first-order valence-electron chi connectivity index (χ1n) is 8.04. The van der Waals surface area contributed by atoms with Crippen LogP contribution in [0.3, 0.4) is 0 Å². The van der Waals surface area contributed by atoms with Gasteiger partial charge in [0, 0.05) is 34.8 Å². The van der Waals surface area contributed by atoms with Gasteiger partial charge in [-0.1, -0.05) is 11.6 Å². The van der Waals surface area contributed by atoms with Crippen molar-refractivity contribution >= 4 is 17.5 Å². The maximum atomic E-state index is 12.3. The molecule has 2 atom stereocenters. The monoisotopic (exact) mass is 304 g/mol. The zero-order valence-electron chi connectivity index (χ0n) is 12.1. The third kappa shape index (κ3) is 2.69. The molecule has 3 nitrogen and oxygen atoms in total. The highest BCUT2D eigenvalue weighted by molar-refractivity contribution is 6.30. The molecule has 112 valence electrons. The van der Waals surface area contributed by atoms with Crippen LogP contribution in [0.2, 0.25) is 5.02 Å². The predicted octanol–water partition coefficient (Wildman–Crippen LogP) is 3.23. The van der Waals surface area contributed by atoms with E-state index < -0.39 is 0 Å². The molecule has 2 aliphatic heterocycles. The second kappa shape index (κ2) is 5.29. The summed E-state index contributed by atoms with van der Waals surface area (Å²) < 4.78 is 0. The summed E-state index contributed by atoms with van der Waals surface area (Å²) in [5.41, 5.74) is 0.705. The van der Waals surface area contributed by atoms with Gasteiger partial charge in [0.25, 0.3) is 5.91 Å². The van der Waals surface area contributed by atoms with Crippen molar-refractivity contribution in [3.8, 4) is 0 Å². The van der Waals surface area contributed by atoms with Crippen LogP contribution >= 0.6 is 11.6 Å². The van der Waals surface area contributed by atoms with Crippen LogP contribution in [0.5, 0.6) is 0 Å². The van der Waals surface area contributed by atoms with Crippen LogP contribution in [0.1, 0.15) is 48.9 Å². The zero-order chi connectivity index (χ0) is 14.4. The number of carbonyl (C=O) groups is 1. The van der Waals surface area contributed by atoms with Crippen molar-refractivity contribution in [1.82, 2.24) is 10.2 Å². The summed E-state index contributed by atoms with van der Waals surface area (Å²) in [6.07, 6.45) is 7.63. The van der Waals surface area contributed by atoms with Crippen LogP contribution < -0.4 is 5.32 Å². The van der Waals surface area contributed by atoms with Crippen molar-refractivity contribution in [3.63, 3.8) is 0 Å². The number of benzene rings is 1. The van der Waals surface area contributed by atoms with Gasteiger partial charge in [0.05, 0.1) is 0 Å². The first kappa shape index (κ1) is 13.6. The van der Waals surface area contributed by atoms with Crippen LogP contribution in [-0.2, 0) is 0 Å². The highest BCUT2D eigenvalue weighted by Gasteiger charge is 2.47. The van der Waals surface area contributed by atoms with Gasteiger partial charge in [0.1, 0.15) is 0 Å². The number of nitrogens with zero attached hydrogens (tertiary/aromatic N) is 1. The lowest BCUT2D eigenvalue weighted by Gasteiger charge is -2.39. The van der Waals surface area contributed by atoms with Gasteiger partial charge in [-0.05, 0) is 62.8 Å². The molecule has 0 radical (unpaired) electrons. The minimum absolute atomic E-state index is 0.0379. The number of hydrogen-bond acceptors (Lipinski definition) is 2. The zero-order valence-corrected chi connectivity index (χ0v) is 12.9. The van der Waals surface area contributed by atoms with Gasteiger partial charge in [-0.25, -0.2) is 0 Å². The molecule has 2 unspecified atom stereocenters. The number of fused-ring (bicyclic) bond motifs is 2. The molecule has 1 aromatic carbocycles. The summed E-state index contributed by atoms with van der Waals surface area (Å²) >= 11 is 5.87. The Morgan fingerprint density at radius 1 is 1.00 bits per heavy atom. The van der Waals surface area contributed by atoms with E-state index in [9.17, 15) is 4.79 Å². The largest absolute Gasteiger partial charge is 0.349 e. The molecule has 3 aliphatic rings. The maximum Gasteiger partial charge on any atom is 0.251 e. The topological polar surface area (TPSA) is 32.3 Å². The number of halogens is 1. The predicted molar refractivity (Wildman–Crippen MR) is 83.6 cm³/mol. The summed E-state index contributed by atoms with van der Waals surface area (Å²) in [5, 5.41) is 3.90. The van der Waals surface area contributed by atoms with E-state index in [1.165, 1.54) is 25.7 Å². The molecule has 1 saturated carbocycles. The van der Waals surface area contributed by atoms with Gasteiger partial charge in [-0.2, -0.15) is 0 Å². The highest BCUT2D eigenvalue weighted by atomic mass is 35.5. The summed E-state index contributed by atoms with van der Waals surface area (Å²) in [6.45, 7) is 0. The van der Waals surface area contributed by atoms with E-state index in [1.54, 1.807) is 24.3 Å². The lowest BCUT2D eigenvalue weighted by atomic mass is 9.96. The molecule has 0 spiro atoms. The Hall–Kier alpha value is -1.06. The van der Waals surface area contributed by atoms with E-state index in [0.29, 0.717) is 28.7 Å². The Balaban J connectivity index is 1.40. The molecule has 1 N–H and O–H groups in total. The maximum absolute atomic E-state index is 12.3. The van der Waals surface area contributed by atoms with Gasteiger partial charge < -0.3 is 5.32 Å². The average molecular weight is 305 g/mol. The number of rotatable bonds is 3. The van der Waals surface area contributed by atoms with Gasteiger partial charge in [-0.3, -0.25) is 9.69 Å². The summed E-state index contributed by atoms with van der Waals surface area (Å²) in [5.74, 6) is 0.0379. The van der Waals surface area contributed by atoms with Crippen molar-refractivity contribution in [3.05, 3.63) is 34.9 Å². The van der Waals surface area contributed by atoms with Crippen LogP contribution in [-0.4, -0.2) is 35.0 Å². The molecule has 1 aromatic rings. The molecule has 2 heterocycles. The summed E-state index contributed by atoms with van der Waals surface area (Å²) in [7, 11) is 0. The van der Waals surface area contributed by atoms with E-state index in [4.69, 9.17) is 11.6 Å². The summed E-state index contributed by atoms with van der Waals surface area (Å²) in [4.78, 5) is 15.1. The Bertz CT molecular complexity index is 526. The van der Waals surface area contributed by atoms with Crippen molar-refractivity contribution in [1.29, 1.82) is 0 Å². The fourth-order valence-corrected chi connectivity index (χ4v) is 4.30. The second-order valence-electron chi connectivity index (χ2n) is 6.71. The third-order valence-corrected chi connectivity index (χ3v) is 5.45. The molecule has 2 saturated heterocycles. The van der Waals surface area contributed by atoms with E-state index in [2.05, 4.69) is 10.2 Å². The standard InChI is InChI=1S/C17H21ClN2O/c18-12-3-1-11(2-4-12)17(21)19-13-9-15-7-8-16(10-13)20(15)14-5-6-14/h1-4,13-16H,5-10H2,(H,19,21). The van der Waals surface area contributed by atoms with Crippen molar-refractivity contribution in [2.75, 3.05) is 0 Å². The first-order valence-corrected chi connectivity index (χ1v) is 8.42. The van der Waals surface area contributed by atoms with Gasteiger partial charge in [-0.15, -0.1) is 0 Å². The van der Waals surface area contributed by atoms with E-state index >= 15 is 0 Å². The molecule has 4 rings (SSSR count). The smallest absolute Gasteiger partial charge is 0.251 e. The lowest BCUT2D eigenvalue weighted by Crippen LogP contribution is -2.51. The molecule has 2 bridgehead atoms. The van der Waals surface area contributed by atoms with Crippen LogP contribution in [0.15, 0.2) is 24.3 Å². The number of carbonyl (C=O) groups excluding carboxylic acids is 1. The molecule has 21 heavy (non-hydrogen) atoms. The Labute approximate surface area is 130 Å². The van der Waals surface area contributed by atoms with Crippen molar-refractivity contribution in [2.24, 2.45) is 0 Å². The number of nitrogens with one attached hydrogen (secondary N) is 1. The molecular formula is C17H21ClN2O. The average Bonchev–Trinajstić information content (AvgIpc) is 3.27. The Kier molecular flexibility index (Phi) is 3.43. The van der Waals surface area contributed by atoms with Gasteiger partial charge in [0.15, 0.2) is 0 Å². The Morgan fingerprint density at radius 3 is 2.14 bits per heavy atom. The fourth-order valence-electron chi connectivity index (χ4n) is 4.17. The molecule has 4 heteroatoms. The molecule has 0 aromatic heterocycles. The number of hydrogen-bond donors (Lipinski definition) is 1. The number of amides is 1. The van der Waals surface area contributed by atoms with E-state index in [1.807, 2.05) is 0 Å². The highest BCUT2D eigenvalue weighted by Crippen LogP contribution is 2.43. The Morgan fingerprint density at radius 2 is 1.57 bits per heavy atom. The van der Waals surface area contributed by atoms with Crippen LogP contribution in [0.4, 0.5) is 0 Å². The second-order valence-corrected chi connectivity index (χ2v) is 7.15. The molecule has 1 amide bonds. The fraction of sp³-hybridized carbons (Fsp3) is 0.588. The first-order chi connectivity index (χ1) is 10.2. The normalized spacial score (nSPS) is 32.1. The van der Waals surface area contributed by atoms with Gasteiger partial charge >= 0.3 is 0 Å². The summed E-state index contributed by atoms with van der Waals surface area (Å²) in [6, 6.07) is 9.73. The lowest BCUT2D eigenvalue weighted by molar-refractivity contribution is 0.0827. The molecular weight excluding hydrogens is 284 g/mol. The third-order valence-electron chi connectivity index (χ3n) is 5.20. The molecule has 1 aliphatic carbocycles. The quantitative estimate of drug-likeness (QED) is 0.930. The van der Waals surface area contributed by atoms with Crippen LogP contribution in [0, 0.1) is 0 Å². The van der Waals surface area contributed by atoms with Crippen molar-refractivity contribution < 1.29 is 4.79 Å². The van der Waals surface area contributed by atoms with Crippen LogP contribution in [0.25, 0.3) is 0 Å². The minimum Gasteiger partial charge on any atom is -0.349 e. The van der Waals surface area contributed by atoms with E-state index in [-0.39, 0.29) is 5.91 Å². The number of piperidine rings is 1. The van der Waals surface area contributed by atoms with Gasteiger partial charge in [0.2, 0.25) is 0 Å².